The minimum Gasteiger partial charge on any atom is -0.365 e. The second-order valence-corrected chi connectivity index (χ2v) is 7.87. The van der Waals surface area contributed by atoms with E-state index in [1.165, 1.54) is 29.5 Å². The minimum atomic E-state index is -0.571. The lowest BCUT2D eigenvalue weighted by Crippen LogP contribution is -2.16. The number of nitrogens with zero attached hydrogens (tertiary/aromatic N) is 2. The third-order valence-corrected chi connectivity index (χ3v) is 5.81. The van der Waals surface area contributed by atoms with Gasteiger partial charge in [0.1, 0.15) is 10.8 Å². The standard InChI is InChI=1S/C21H21FN4O2S/c1-11-14(4)29-21(19(11)20(23)28)24-18(27)10-9-17-12(2)25-26(13(17)3)16-7-5-15(22)6-8-16/h5-10H,1-4H3,(H2,23,28)(H,24,27)/b10-9+. The van der Waals surface area contributed by atoms with E-state index in [0.29, 0.717) is 10.6 Å². The second kappa shape index (κ2) is 8.00. The number of rotatable bonds is 5. The first-order valence-electron chi connectivity index (χ1n) is 8.90. The van der Waals surface area contributed by atoms with Gasteiger partial charge in [-0.25, -0.2) is 9.07 Å². The van der Waals surface area contributed by atoms with Gasteiger partial charge in [0.15, 0.2) is 0 Å². The molecule has 0 aliphatic carbocycles. The highest BCUT2D eigenvalue weighted by Gasteiger charge is 2.18. The van der Waals surface area contributed by atoms with E-state index in [1.807, 2.05) is 20.8 Å². The van der Waals surface area contributed by atoms with E-state index in [2.05, 4.69) is 10.4 Å². The molecule has 0 fully saturated rings. The van der Waals surface area contributed by atoms with Gasteiger partial charge in [-0.1, -0.05) is 0 Å². The van der Waals surface area contributed by atoms with Gasteiger partial charge >= 0.3 is 0 Å². The Morgan fingerprint density at radius 3 is 2.45 bits per heavy atom. The van der Waals surface area contributed by atoms with Gasteiger partial charge < -0.3 is 11.1 Å². The van der Waals surface area contributed by atoms with Crippen LogP contribution in [0.25, 0.3) is 11.8 Å². The maximum absolute atomic E-state index is 13.2. The monoisotopic (exact) mass is 412 g/mol. The highest BCUT2D eigenvalue weighted by atomic mass is 32.1. The number of hydrogen-bond acceptors (Lipinski definition) is 4. The van der Waals surface area contributed by atoms with Crippen LogP contribution in [-0.4, -0.2) is 21.6 Å². The normalized spacial score (nSPS) is 11.2. The average Bonchev–Trinajstić information content (AvgIpc) is 3.09. The molecule has 3 N–H and O–H groups in total. The molecular formula is C21H21FN4O2S. The van der Waals surface area contributed by atoms with Crippen LogP contribution in [0.2, 0.25) is 0 Å². The third kappa shape index (κ3) is 4.12. The number of nitrogens with two attached hydrogens (primary N) is 1. The molecule has 2 aromatic heterocycles. The van der Waals surface area contributed by atoms with Crippen LogP contribution in [0.15, 0.2) is 30.3 Å². The molecule has 29 heavy (non-hydrogen) atoms. The molecule has 0 radical (unpaired) electrons. The molecule has 0 unspecified atom stereocenters. The van der Waals surface area contributed by atoms with Crippen LogP contribution in [-0.2, 0) is 4.79 Å². The fourth-order valence-electron chi connectivity index (χ4n) is 3.05. The van der Waals surface area contributed by atoms with E-state index in [9.17, 15) is 14.0 Å². The van der Waals surface area contributed by atoms with Crippen molar-refractivity contribution in [2.75, 3.05) is 5.32 Å². The van der Waals surface area contributed by atoms with Crippen molar-refractivity contribution in [2.24, 2.45) is 5.73 Å². The van der Waals surface area contributed by atoms with Gasteiger partial charge in [-0.15, -0.1) is 11.3 Å². The first-order valence-corrected chi connectivity index (χ1v) is 9.71. The van der Waals surface area contributed by atoms with Gasteiger partial charge in [-0.3, -0.25) is 9.59 Å². The van der Waals surface area contributed by atoms with Gasteiger partial charge in [0.05, 0.1) is 16.9 Å². The zero-order chi connectivity index (χ0) is 21.3. The zero-order valence-corrected chi connectivity index (χ0v) is 17.4. The summed E-state index contributed by atoms with van der Waals surface area (Å²) in [5.74, 6) is -1.26. The first-order chi connectivity index (χ1) is 13.7. The van der Waals surface area contributed by atoms with Crippen LogP contribution in [0.4, 0.5) is 9.39 Å². The molecule has 2 amide bonds. The molecule has 2 heterocycles. The number of nitrogens with one attached hydrogen (secondary N) is 1. The summed E-state index contributed by atoms with van der Waals surface area (Å²) in [7, 11) is 0. The van der Waals surface area contributed by atoms with Crippen LogP contribution in [0.5, 0.6) is 0 Å². The molecule has 150 valence electrons. The predicted molar refractivity (Wildman–Crippen MR) is 113 cm³/mol. The van der Waals surface area contributed by atoms with E-state index in [1.54, 1.807) is 29.8 Å². The number of aryl methyl sites for hydroxylation is 2. The number of halogens is 1. The number of anilines is 1. The van der Waals surface area contributed by atoms with Crippen LogP contribution in [0.1, 0.15) is 37.7 Å². The highest BCUT2D eigenvalue weighted by molar-refractivity contribution is 7.16. The van der Waals surface area contributed by atoms with Gasteiger partial charge in [-0.2, -0.15) is 5.10 Å². The summed E-state index contributed by atoms with van der Waals surface area (Å²) in [5.41, 5.74) is 9.62. The summed E-state index contributed by atoms with van der Waals surface area (Å²) in [6.07, 6.45) is 3.06. The van der Waals surface area contributed by atoms with Crippen LogP contribution >= 0.6 is 11.3 Å². The largest absolute Gasteiger partial charge is 0.365 e. The highest BCUT2D eigenvalue weighted by Crippen LogP contribution is 2.32. The van der Waals surface area contributed by atoms with Crippen molar-refractivity contribution in [1.82, 2.24) is 9.78 Å². The third-order valence-electron chi connectivity index (χ3n) is 4.69. The number of carbonyl (C=O) groups is 2. The van der Waals surface area contributed by atoms with E-state index in [-0.39, 0.29) is 11.7 Å². The van der Waals surface area contributed by atoms with Gasteiger partial charge in [-0.05, 0) is 63.6 Å². The number of thiophene rings is 1. The van der Waals surface area contributed by atoms with Crippen molar-refractivity contribution in [2.45, 2.75) is 27.7 Å². The summed E-state index contributed by atoms with van der Waals surface area (Å²) in [6.45, 7) is 7.38. The maximum Gasteiger partial charge on any atom is 0.251 e. The SMILES string of the molecule is Cc1nn(-c2ccc(F)cc2)c(C)c1/C=C/C(=O)Nc1sc(C)c(C)c1C(N)=O. The van der Waals surface area contributed by atoms with Gasteiger partial charge in [0, 0.05) is 22.2 Å². The number of benzene rings is 1. The summed E-state index contributed by atoms with van der Waals surface area (Å²) in [4.78, 5) is 25.0. The summed E-state index contributed by atoms with van der Waals surface area (Å²) in [5, 5.41) is 7.65. The summed E-state index contributed by atoms with van der Waals surface area (Å²) in [6, 6.07) is 6.02. The number of aromatic nitrogens is 2. The average molecular weight is 412 g/mol. The molecule has 0 saturated heterocycles. The Bertz CT molecular complexity index is 1130. The number of amides is 2. The van der Waals surface area contributed by atoms with Gasteiger partial charge in [0.25, 0.3) is 5.91 Å². The van der Waals surface area contributed by atoms with Crippen molar-refractivity contribution < 1.29 is 14.0 Å². The van der Waals surface area contributed by atoms with Crippen LogP contribution < -0.4 is 11.1 Å². The lowest BCUT2D eigenvalue weighted by molar-refractivity contribution is -0.111. The first kappa shape index (κ1) is 20.5. The topological polar surface area (TPSA) is 90.0 Å². The molecule has 3 aromatic rings. The smallest absolute Gasteiger partial charge is 0.251 e. The fraction of sp³-hybridized carbons (Fsp3) is 0.190. The molecule has 0 spiro atoms. The van der Waals surface area contributed by atoms with Crippen LogP contribution in [0, 0.1) is 33.5 Å². The molecule has 0 bridgehead atoms. The quantitative estimate of drug-likeness (QED) is 0.619. The molecule has 1 aromatic carbocycles. The zero-order valence-electron chi connectivity index (χ0n) is 16.5. The molecule has 0 aliphatic rings. The Hall–Kier alpha value is -3.26. The van der Waals surface area contributed by atoms with Crippen molar-refractivity contribution >= 4 is 34.2 Å². The van der Waals surface area contributed by atoms with E-state index in [0.717, 1.165) is 33.1 Å². The van der Waals surface area contributed by atoms with E-state index >= 15 is 0 Å². The number of hydrogen-bond donors (Lipinski definition) is 2. The van der Waals surface area contributed by atoms with Gasteiger partial charge in [0.2, 0.25) is 5.91 Å². The van der Waals surface area contributed by atoms with E-state index in [4.69, 9.17) is 5.73 Å². The molecular weight excluding hydrogens is 391 g/mol. The Morgan fingerprint density at radius 1 is 1.17 bits per heavy atom. The lowest BCUT2D eigenvalue weighted by Gasteiger charge is -2.04. The molecule has 3 rings (SSSR count). The molecule has 0 atom stereocenters. The second-order valence-electron chi connectivity index (χ2n) is 6.65. The molecule has 6 nitrogen and oxygen atoms in total. The Morgan fingerprint density at radius 2 is 1.83 bits per heavy atom. The number of primary amides is 1. The Kier molecular flexibility index (Phi) is 5.65. The molecule has 0 saturated carbocycles. The van der Waals surface area contributed by atoms with Crippen LogP contribution in [0.3, 0.4) is 0 Å². The Balaban J connectivity index is 1.84. The van der Waals surface area contributed by atoms with Crippen molar-refractivity contribution in [1.29, 1.82) is 0 Å². The molecule has 8 heteroatoms. The van der Waals surface area contributed by atoms with E-state index < -0.39 is 5.91 Å². The predicted octanol–water partition coefficient (Wildman–Crippen LogP) is 4.06. The minimum absolute atomic E-state index is 0.318. The fourth-order valence-corrected chi connectivity index (χ4v) is 4.12. The van der Waals surface area contributed by atoms with Crippen molar-refractivity contribution in [3.05, 3.63) is 69.1 Å². The van der Waals surface area contributed by atoms with Crippen molar-refractivity contribution in [3.8, 4) is 5.69 Å². The number of carbonyl (C=O) groups excluding carboxylic acids is 2. The maximum atomic E-state index is 13.2. The Labute approximate surface area is 171 Å². The lowest BCUT2D eigenvalue weighted by atomic mass is 10.1. The molecule has 0 aliphatic heterocycles. The summed E-state index contributed by atoms with van der Waals surface area (Å²) >= 11 is 1.31. The summed E-state index contributed by atoms with van der Waals surface area (Å²) < 4.78 is 14.9. The van der Waals surface area contributed by atoms with Crippen molar-refractivity contribution in [3.63, 3.8) is 0 Å².